The lowest BCUT2D eigenvalue weighted by molar-refractivity contribution is 0.0432. The summed E-state index contributed by atoms with van der Waals surface area (Å²) < 4.78 is 33.1. The molecule has 0 bridgehead atoms. The van der Waals surface area contributed by atoms with Gasteiger partial charge in [-0.1, -0.05) is 19.1 Å². The van der Waals surface area contributed by atoms with Gasteiger partial charge in [-0.25, -0.2) is 13.2 Å². The molecule has 106 valence electrons. The number of methoxy groups -OCH3 is 1. The third-order valence-corrected chi connectivity index (χ3v) is 4.32. The van der Waals surface area contributed by atoms with Gasteiger partial charge >= 0.3 is 6.09 Å². The summed E-state index contributed by atoms with van der Waals surface area (Å²) in [6.45, 7) is 1.72. The number of hydrogen-bond acceptors (Lipinski definition) is 5. The van der Waals surface area contributed by atoms with E-state index in [0.717, 1.165) is 0 Å². The molecule has 1 unspecified atom stereocenters. The van der Waals surface area contributed by atoms with Crippen molar-refractivity contribution in [2.45, 2.75) is 17.9 Å². The van der Waals surface area contributed by atoms with Crippen LogP contribution in [0.25, 0.3) is 0 Å². The molecular formula is C12H17NO5S. The summed E-state index contributed by atoms with van der Waals surface area (Å²) in [4.78, 5) is 11.0. The Labute approximate surface area is 112 Å². The molecule has 0 aliphatic carbocycles. The largest absolute Gasteiger partial charge is 0.439 e. The normalized spacial score (nSPS) is 12.9. The molecule has 1 atom stereocenters. The zero-order valence-electron chi connectivity index (χ0n) is 10.8. The van der Waals surface area contributed by atoms with E-state index in [1.165, 1.54) is 19.2 Å². The van der Waals surface area contributed by atoms with Crippen LogP contribution in [0, 0.1) is 0 Å². The van der Waals surface area contributed by atoms with Gasteiger partial charge in [-0.15, -0.1) is 0 Å². The van der Waals surface area contributed by atoms with E-state index in [0.29, 0.717) is 5.56 Å². The first-order valence-corrected chi connectivity index (χ1v) is 7.33. The summed E-state index contributed by atoms with van der Waals surface area (Å²) >= 11 is 0. The topological polar surface area (TPSA) is 95.7 Å². The van der Waals surface area contributed by atoms with Crippen LogP contribution < -0.4 is 5.73 Å². The highest BCUT2D eigenvalue weighted by molar-refractivity contribution is 7.91. The smallest absolute Gasteiger partial charge is 0.405 e. The van der Waals surface area contributed by atoms with Gasteiger partial charge in [0, 0.05) is 7.11 Å². The second kappa shape index (κ2) is 6.53. The number of rotatable bonds is 6. The van der Waals surface area contributed by atoms with Gasteiger partial charge in [0.25, 0.3) is 0 Å². The van der Waals surface area contributed by atoms with Crippen LogP contribution in [0.4, 0.5) is 4.79 Å². The molecule has 0 aromatic heterocycles. The van der Waals surface area contributed by atoms with Crippen LogP contribution >= 0.6 is 0 Å². The Morgan fingerprint density at radius 2 is 1.89 bits per heavy atom. The van der Waals surface area contributed by atoms with Crippen LogP contribution in [-0.2, 0) is 19.3 Å². The first-order valence-electron chi connectivity index (χ1n) is 5.68. The molecule has 0 fully saturated rings. The molecule has 0 aliphatic rings. The first-order chi connectivity index (χ1) is 8.90. The molecule has 1 amide bonds. The second-order valence-electron chi connectivity index (χ2n) is 3.85. The maximum Gasteiger partial charge on any atom is 0.405 e. The lowest BCUT2D eigenvalue weighted by atomic mass is 10.1. The monoisotopic (exact) mass is 287 g/mol. The Bertz CT molecular complexity index is 524. The van der Waals surface area contributed by atoms with E-state index in [2.05, 4.69) is 0 Å². The fourth-order valence-electron chi connectivity index (χ4n) is 1.55. The number of primary amides is 1. The number of sulfone groups is 1. The van der Waals surface area contributed by atoms with Gasteiger partial charge in [0.15, 0.2) is 15.9 Å². The van der Waals surface area contributed by atoms with Crippen LogP contribution in [0.1, 0.15) is 18.6 Å². The third kappa shape index (κ3) is 4.22. The molecule has 0 saturated heterocycles. The average Bonchev–Trinajstić information content (AvgIpc) is 2.38. The lowest BCUT2D eigenvalue weighted by Crippen LogP contribution is -2.20. The van der Waals surface area contributed by atoms with Gasteiger partial charge < -0.3 is 15.2 Å². The van der Waals surface area contributed by atoms with E-state index in [1.807, 2.05) is 0 Å². The molecule has 0 radical (unpaired) electrons. The van der Waals surface area contributed by atoms with Crippen molar-refractivity contribution < 1.29 is 22.7 Å². The van der Waals surface area contributed by atoms with E-state index in [-0.39, 0.29) is 17.3 Å². The van der Waals surface area contributed by atoms with Crippen LogP contribution in [-0.4, -0.2) is 34.0 Å². The SMILES string of the molecule is CCS(=O)(=O)c1ccc(C(COC)OC(N)=O)cc1. The zero-order chi connectivity index (χ0) is 14.5. The predicted molar refractivity (Wildman–Crippen MR) is 69.5 cm³/mol. The standard InChI is InChI=1S/C12H17NO5S/c1-3-19(15,16)10-6-4-9(5-7-10)11(8-17-2)18-12(13)14/h4-7,11H,3,8H2,1-2H3,(H2,13,14). The molecule has 6 nitrogen and oxygen atoms in total. The molecule has 7 heteroatoms. The van der Waals surface area contributed by atoms with Crippen molar-refractivity contribution in [3.05, 3.63) is 29.8 Å². The maximum absolute atomic E-state index is 11.7. The minimum absolute atomic E-state index is 0.0334. The van der Waals surface area contributed by atoms with Gasteiger partial charge in [0.05, 0.1) is 17.3 Å². The summed E-state index contributed by atoms with van der Waals surface area (Å²) in [6.07, 6.45) is -1.56. The van der Waals surface area contributed by atoms with E-state index >= 15 is 0 Å². The molecule has 1 aromatic rings. The number of carbonyl (C=O) groups is 1. The van der Waals surface area contributed by atoms with Crippen molar-refractivity contribution in [1.29, 1.82) is 0 Å². The predicted octanol–water partition coefficient (Wildman–Crippen LogP) is 1.26. The van der Waals surface area contributed by atoms with Crippen molar-refractivity contribution in [2.24, 2.45) is 5.73 Å². The number of hydrogen-bond donors (Lipinski definition) is 1. The van der Waals surface area contributed by atoms with E-state index in [9.17, 15) is 13.2 Å². The van der Waals surface area contributed by atoms with Crippen LogP contribution in [0.2, 0.25) is 0 Å². The summed E-state index contributed by atoms with van der Waals surface area (Å²) in [5.74, 6) is 0.0334. The number of carbonyl (C=O) groups excluding carboxylic acids is 1. The summed E-state index contributed by atoms with van der Waals surface area (Å²) in [7, 11) is -1.77. The molecule has 1 aromatic carbocycles. The summed E-state index contributed by atoms with van der Waals surface area (Å²) in [5, 5.41) is 0. The van der Waals surface area contributed by atoms with Crippen LogP contribution in [0.3, 0.4) is 0 Å². The zero-order valence-corrected chi connectivity index (χ0v) is 11.6. The number of nitrogens with two attached hydrogens (primary N) is 1. The number of benzene rings is 1. The van der Waals surface area contributed by atoms with Gasteiger partial charge in [-0.3, -0.25) is 0 Å². The highest BCUT2D eigenvalue weighted by Gasteiger charge is 2.17. The molecule has 0 aliphatic heterocycles. The van der Waals surface area contributed by atoms with Crippen molar-refractivity contribution in [1.82, 2.24) is 0 Å². The van der Waals surface area contributed by atoms with Crippen molar-refractivity contribution in [3.8, 4) is 0 Å². The van der Waals surface area contributed by atoms with Gasteiger partial charge in [-0.05, 0) is 17.7 Å². The molecule has 19 heavy (non-hydrogen) atoms. The molecule has 0 heterocycles. The molecule has 0 spiro atoms. The Morgan fingerprint density at radius 1 is 1.32 bits per heavy atom. The number of ether oxygens (including phenoxy) is 2. The molecule has 0 saturated carbocycles. The average molecular weight is 287 g/mol. The van der Waals surface area contributed by atoms with E-state index in [1.54, 1.807) is 19.1 Å². The van der Waals surface area contributed by atoms with Crippen LogP contribution in [0.5, 0.6) is 0 Å². The number of amides is 1. The first kappa shape index (κ1) is 15.5. The van der Waals surface area contributed by atoms with Crippen molar-refractivity contribution >= 4 is 15.9 Å². The third-order valence-electron chi connectivity index (χ3n) is 2.57. The quantitative estimate of drug-likeness (QED) is 0.849. The van der Waals surface area contributed by atoms with Crippen LogP contribution in [0.15, 0.2) is 29.2 Å². The molecule has 1 rings (SSSR count). The van der Waals surface area contributed by atoms with Gasteiger partial charge in [0.2, 0.25) is 0 Å². The summed E-state index contributed by atoms with van der Waals surface area (Å²) in [5.41, 5.74) is 5.59. The van der Waals surface area contributed by atoms with E-state index in [4.69, 9.17) is 15.2 Å². The fraction of sp³-hybridized carbons (Fsp3) is 0.417. The highest BCUT2D eigenvalue weighted by Crippen LogP contribution is 2.20. The van der Waals surface area contributed by atoms with E-state index < -0.39 is 22.0 Å². The Balaban J connectivity index is 2.98. The fourth-order valence-corrected chi connectivity index (χ4v) is 2.43. The minimum Gasteiger partial charge on any atom is -0.439 e. The minimum atomic E-state index is -3.24. The molecular weight excluding hydrogens is 270 g/mol. The Hall–Kier alpha value is -1.60. The lowest BCUT2D eigenvalue weighted by Gasteiger charge is -2.16. The van der Waals surface area contributed by atoms with Gasteiger partial charge in [-0.2, -0.15) is 0 Å². The van der Waals surface area contributed by atoms with Crippen molar-refractivity contribution in [3.63, 3.8) is 0 Å². The maximum atomic E-state index is 11.7. The Morgan fingerprint density at radius 3 is 2.32 bits per heavy atom. The summed E-state index contributed by atoms with van der Waals surface area (Å²) in [6, 6.07) is 6.10. The Kier molecular flexibility index (Phi) is 5.31. The van der Waals surface area contributed by atoms with Crippen molar-refractivity contribution in [2.75, 3.05) is 19.5 Å². The second-order valence-corrected chi connectivity index (χ2v) is 6.13. The molecule has 2 N–H and O–H groups in total. The highest BCUT2D eigenvalue weighted by atomic mass is 32.2. The van der Waals surface area contributed by atoms with Gasteiger partial charge in [0.1, 0.15) is 0 Å².